The Morgan fingerprint density at radius 1 is 0.692 bits per heavy atom. The van der Waals surface area contributed by atoms with Crippen molar-refractivity contribution < 1.29 is 9.59 Å². The maximum Gasteiger partial charge on any atom is 0.251 e. The summed E-state index contributed by atoms with van der Waals surface area (Å²) in [4.78, 5) is 31.9. The highest BCUT2D eigenvalue weighted by Crippen LogP contribution is 2.07. The van der Waals surface area contributed by atoms with Gasteiger partial charge in [-0.1, -0.05) is 24.3 Å². The quantitative estimate of drug-likeness (QED) is 0.717. The first-order valence-electron chi connectivity index (χ1n) is 8.16. The number of carbonyl (C=O) groups is 2. The molecule has 3 aromatic rings. The van der Waals surface area contributed by atoms with E-state index in [0.29, 0.717) is 24.2 Å². The molecule has 0 atom stereocenters. The third kappa shape index (κ3) is 4.73. The largest absolute Gasteiger partial charge is 0.348 e. The van der Waals surface area contributed by atoms with Crippen LogP contribution in [0.4, 0.5) is 0 Å². The Bertz CT molecular complexity index is 812. The van der Waals surface area contributed by atoms with E-state index in [9.17, 15) is 9.59 Å². The lowest BCUT2D eigenvalue weighted by molar-refractivity contribution is 0.0943. The Morgan fingerprint density at radius 3 is 1.54 bits per heavy atom. The molecule has 6 heteroatoms. The summed E-state index contributed by atoms with van der Waals surface area (Å²) in [5.74, 6) is -0.299. The molecule has 0 radical (unpaired) electrons. The fraction of sp³-hybridized carbons (Fsp3) is 0.100. The summed E-state index contributed by atoms with van der Waals surface area (Å²) in [6, 6.07) is 14.4. The van der Waals surface area contributed by atoms with Crippen LogP contribution in [0, 0.1) is 0 Å². The van der Waals surface area contributed by atoms with Gasteiger partial charge in [-0.15, -0.1) is 0 Å². The van der Waals surface area contributed by atoms with Gasteiger partial charge in [-0.25, -0.2) is 0 Å². The summed E-state index contributed by atoms with van der Waals surface area (Å²) in [6.07, 6.45) is 6.34. The summed E-state index contributed by atoms with van der Waals surface area (Å²) in [5, 5.41) is 5.74. The maximum atomic E-state index is 12.1. The van der Waals surface area contributed by atoms with Gasteiger partial charge in [-0.2, -0.15) is 0 Å². The lowest BCUT2D eigenvalue weighted by Crippen LogP contribution is -2.24. The van der Waals surface area contributed by atoms with Crippen molar-refractivity contribution in [3.05, 3.63) is 95.6 Å². The van der Waals surface area contributed by atoms with Gasteiger partial charge in [0, 0.05) is 49.0 Å². The van der Waals surface area contributed by atoms with Gasteiger partial charge in [0.2, 0.25) is 0 Å². The zero-order valence-corrected chi connectivity index (χ0v) is 14.1. The van der Waals surface area contributed by atoms with Crippen molar-refractivity contribution in [2.24, 2.45) is 0 Å². The maximum absolute atomic E-state index is 12.1. The molecule has 0 spiro atoms. The lowest BCUT2D eigenvalue weighted by atomic mass is 10.1. The molecule has 0 bridgehead atoms. The van der Waals surface area contributed by atoms with E-state index in [2.05, 4.69) is 20.6 Å². The number of rotatable bonds is 6. The minimum atomic E-state index is -0.149. The van der Waals surface area contributed by atoms with E-state index in [1.807, 2.05) is 24.3 Å². The van der Waals surface area contributed by atoms with E-state index in [0.717, 1.165) is 11.1 Å². The molecule has 1 aromatic carbocycles. The number of amides is 2. The van der Waals surface area contributed by atoms with Gasteiger partial charge >= 0.3 is 0 Å². The first-order valence-corrected chi connectivity index (χ1v) is 8.16. The fourth-order valence-corrected chi connectivity index (χ4v) is 2.42. The Labute approximate surface area is 151 Å². The summed E-state index contributed by atoms with van der Waals surface area (Å²) in [5.41, 5.74) is 3.06. The second kappa shape index (κ2) is 8.53. The standard InChI is InChI=1S/C20H18N4O2/c25-19(17-4-8-21-9-5-17)23-13-15-2-1-3-16(12-15)14-24-20(26)18-6-10-22-11-7-18/h1-12H,13-14H2,(H,23,25)(H,24,26). The summed E-state index contributed by atoms with van der Waals surface area (Å²) >= 11 is 0. The fourth-order valence-electron chi connectivity index (χ4n) is 2.42. The van der Waals surface area contributed by atoms with Crippen LogP contribution in [0.5, 0.6) is 0 Å². The van der Waals surface area contributed by atoms with Crippen molar-refractivity contribution in [2.75, 3.05) is 0 Å². The van der Waals surface area contributed by atoms with Crippen LogP contribution in [-0.2, 0) is 13.1 Å². The van der Waals surface area contributed by atoms with Gasteiger partial charge in [0.15, 0.2) is 0 Å². The second-order valence-corrected chi connectivity index (χ2v) is 5.66. The molecule has 0 aliphatic rings. The molecule has 2 N–H and O–H groups in total. The highest BCUT2D eigenvalue weighted by atomic mass is 16.2. The van der Waals surface area contributed by atoms with Crippen molar-refractivity contribution >= 4 is 11.8 Å². The van der Waals surface area contributed by atoms with E-state index >= 15 is 0 Å². The molecule has 2 aromatic heterocycles. The molecule has 2 amide bonds. The smallest absolute Gasteiger partial charge is 0.251 e. The van der Waals surface area contributed by atoms with Gasteiger partial charge in [-0.3, -0.25) is 19.6 Å². The van der Waals surface area contributed by atoms with E-state index in [1.165, 1.54) is 0 Å². The highest BCUT2D eigenvalue weighted by Gasteiger charge is 2.06. The van der Waals surface area contributed by atoms with E-state index in [-0.39, 0.29) is 11.8 Å². The van der Waals surface area contributed by atoms with Crippen LogP contribution in [0.2, 0.25) is 0 Å². The molecule has 0 saturated heterocycles. The number of nitrogens with one attached hydrogen (secondary N) is 2. The molecular weight excluding hydrogens is 328 g/mol. The highest BCUT2D eigenvalue weighted by molar-refractivity contribution is 5.94. The average Bonchev–Trinajstić information content (AvgIpc) is 2.72. The zero-order chi connectivity index (χ0) is 18.2. The van der Waals surface area contributed by atoms with E-state index < -0.39 is 0 Å². The van der Waals surface area contributed by atoms with Gasteiger partial charge in [0.25, 0.3) is 11.8 Å². The third-order valence-corrected chi connectivity index (χ3v) is 3.78. The van der Waals surface area contributed by atoms with Gasteiger partial charge in [-0.05, 0) is 35.4 Å². The molecular formula is C20H18N4O2. The predicted molar refractivity (Wildman–Crippen MR) is 97.3 cm³/mol. The van der Waals surface area contributed by atoms with E-state index in [1.54, 1.807) is 49.1 Å². The lowest BCUT2D eigenvalue weighted by Gasteiger charge is -2.09. The molecule has 3 rings (SSSR count). The van der Waals surface area contributed by atoms with Crippen LogP contribution in [-0.4, -0.2) is 21.8 Å². The van der Waals surface area contributed by atoms with Gasteiger partial charge in [0.05, 0.1) is 0 Å². The SMILES string of the molecule is O=C(NCc1cccc(CNC(=O)c2ccncc2)c1)c1ccncc1. The third-order valence-electron chi connectivity index (χ3n) is 3.78. The number of nitrogens with zero attached hydrogens (tertiary/aromatic N) is 2. The molecule has 0 fully saturated rings. The van der Waals surface area contributed by atoms with Crippen LogP contribution in [0.25, 0.3) is 0 Å². The topological polar surface area (TPSA) is 84.0 Å². The second-order valence-electron chi connectivity index (χ2n) is 5.66. The number of carbonyl (C=O) groups excluding carboxylic acids is 2. The normalized spacial score (nSPS) is 10.2. The van der Waals surface area contributed by atoms with Crippen molar-refractivity contribution in [3.8, 4) is 0 Å². The number of hydrogen-bond acceptors (Lipinski definition) is 4. The average molecular weight is 346 g/mol. The summed E-state index contributed by atoms with van der Waals surface area (Å²) < 4.78 is 0. The van der Waals surface area contributed by atoms with Crippen LogP contribution in [0.3, 0.4) is 0 Å². The predicted octanol–water partition coefficient (Wildman–Crippen LogP) is 2.34. The Hall–Kier alpha value is -3.54. The Balaban J connectivity index is 1.55. The zero-order valence-electron chi connectivity index (χ0n) is 14.1. The van der Waals surface area contributed by atoms with Crippen LogP contribution in [0.15, 0.2) is 73.3 Å². The van der Waals surface area contributed by atoms with Crippen LogP contribution in [0.1, 0.15) is 31.8 Å². The molecule has 26 heavy (non-hydrogen) atoms. The van der Waals surface area contributed by atoms with E-state index in [4.69, 9.17) is 0 Å². The molecule has 130 valence electrons. The van der Waals surface area contributed by atoms with Crippen molar-refractivity contribution in [1.29, 1.82) is 0 Å². The molecule has 6 nitrogen and oxygen atoms in total. The Kier molecular flexibility index (Phi) is 5.67. The Morgan fingerprint density at radius 2 is 1.12 bits per heavy atom. The first-order chi connectivity index (χ1) is 12.7. The summed E-state index contributed by atoms with van der Waals surface area (Å²) in [7, 11) is 0. The number of pyridine rings is 2. The minimum Gasteiger partial charge on any atom is -0.348 e. The molecule has 0 aliphatic heterocycles. The van der Waals surface area contributed by atoms with Gasteiger partial charge < -0.3 is 10.6 Å². The number of hydrogen-bond donors (Lipinski definition) is 2. The van der Waals surface area contributed by atoms with Crippen molar-refractivity contribution in [3.63, 3.8) is 0 Å². The monoisotopic (exact) mass is 346 g/mol. The molecule has 0 aliphatic carbocycles. The van der Waals surface area contributed by atoms with Gasteiger partial charge in [0.1, 0.15) is 0 Å². The molecule has 2 heterocycles. The van der Waals surface area contributed by atoms with Crippen LogP contribution >= 0.6 is 0 Å². The minimum absolute atomic E-state index is 0.149. The molecule has 0 saturated carbocycles. The summed E-state index contributed by atoms with van der Waals surface area (Å²) in [6.45, 7) is 0.820. The van der Waals surface area contributed by atoms with Crippen molar-refractivity contribution in [1.82, 2.24) is 20.6 Å². The number of benzene rings is 1. The molecule has 0 unspecified atom stereocenters. The van der Waals surface area contributed by atoms with Crippen LogP contribution < -0.4 is 10.6 Å². The first kappa shape index (κ1) is 17.3. The van der Waals surface area contributed by atoms with Crippen molar-refractivity contribution in [2.45, 2.75) is 13.1 Å². The number of aromatic nitrogens is 2.